The number of rotatable bonds is 9. The minimum atomic E-state index is -0.120. The Morgan fingerprint density at radius 1 is 1.16 bits per heavy atom. The van der Waals surface area contributed by atoms with Crippen molar-refractivity contribution in [2.24, 2.45) is 0 Å². The molecular formula is C24H26N4O3S. The predicted octanol–water partition coefficient (Wildman–Crippen LogP) is 5.03. The number of hydrogen-bond acceptors (Lipinski definition) is 6. The van der Waals surface area contributed by atoms with E-state index in [2.05, 4.69) is 5.10 Å². The van der Waals surface area contributed by atoms with Gasteiger partial charge in [0, 0.05) is 24.5 Å². The molecule has 0 unspecified atom stereocenters. The summed E-state index contributed by atoms with van der Waals surface area (Å²) in [5.41, 5.74) is 1.35. The number of anilines is 1. The van der Waals surface area contributed by atoms with Crippen LogP contribution in [0.3, 0.4) is 0 Å². The summed E-state index contributed by atoms with van der Waals surface area (Å²) in [5, 5.41) is 4.89. The molecule has 4 aromatic rings. The maximum atomic E-state index is 13.5. The molecule has 0 radical (unpaired) electrons. The van der Waals surface area contributed by atoms with Crippen molar-refractivity contribution in [1.29, 1.82) is 0 Å². The van der Waals surface area contributed by atoms with Gasteiger partial charge in [-0.15, -0.1) is 0 Å². The summed E-state index contributed by atoms with van der Waals surface area (Å²) in [7, 11) is 0. The maximum Gasteiger partial charge on any atom is 0.260 e. The van der Waals surface area contributed by atoms with Gasteiger partial charge in [-0.25, -0.2) is 4.98 Å². The van der Waals surface area contributed by atoms with Crippen molar-refractivity contribution in [3.05, 3.63) is 66.5 Å². The first-order chi connectivity index (χ1) is 15.5. The second kappa shape index (κ2) is 9.82. The van der Waals surface area contributed by atoms with Gasteiger partial charge in [-0.1, -0.05) is 17.4 Å². The van der Waals surface area contributed by atoms with E-state index in [-0.39, 0.29) is 12.0 Å². The van der Waals surface area contributed by atoms with Crippen LogP contribution in [0.1, 0.15) is 31.1 Å². The first-order valence-electron chi connectivity index (χ1n) is 10.6. The van der Waals surface area contributed by atoms with Crippen molar-refractivity contribution in [3.63, 3.8) is 0 Å². The zero-order valence-corrected chi connectivity index (χ0v) is 19.2. The molecular weight excluding hydrogens is 424 g/mol. The highest BCUT2D eigenvalue weighted by atomic mass is 32.1. The molecule has 4 rings (SSSR count). The van der Waals surface area contributed by atoms with E-state index < -0.39 is 0 Å². The zero-order chi connectivity index (χ0) is 22.5. The highest BCUT2D eigenvalue weighted by Crippen LogP contribution is 2.35. The van der Waals surface area contributed by atoms with Crippen LogP contribution in [0.4, 0.5) is 5.13 Å². The average molecular weight is 451 g/mol. The van der Waals surface area contributed by atoms with Gasteiger partial charge >= 0.3 is 0 Å². The Balaban J connectivity index is 1.66. The predicted molar refractivity (Wildman–Crippen MR) is 127 cm³/mol. The van der Waals surface area contributed by atoms with Gasteiger partial charge in [-0.2, -0.15) is 5.10 Å². The number of thiazole rings is 1. The zero-order valence-electron chi connectivity index (χ0n) is 18.4. The summed E-state index contributed by atoms with van der Waals surface area (Å²) in [5.74, 6) is 1.34. The van der Waals surface area contributed by atoms with Crippen LogP contribution in [0.25, 0.3) is 10.2 Å². The summed E-state index contributed by atoms with van der Waals surface area (Å²) in [6.45, 7) is 7.44. The molecule has 2 heterocycles. The molecule has 1 amide bonds. The fourth-order valence-electron chi connectivity index (χ4n) is 3.32. The smallest absolute Gasteiger partial charge is 0.260 e. The topological polar surface area (TPSA) is 69.5 Å². The Bertz CT molecular complexity index is 1170. The van der Waals surface area contributed by atoms with Crippen molar-refractivity contribution in [2.75, 3.05) is 18.1 Å². The third-order valence-corrected chi connectivity index (χ3v) is 5.78. The molecule has 8 heteroatoms. The molecule has 0 fully saturated rings. The van der Waals surface area contributed by atoms with Gasteiger partial charge in [0.25, 0.3) is 5.91 Å². The normalized spacial score (nSPS) is 11.1. The number of nitrogens with zero attached hydrogens (tertiary/aromatic N) is 4. The van der Waals surface area contributed by atoms with Gasteiger partial charge in [0.2, 0.25) is 0 Å². The number of aromatic nitrogens is 3. The quantitative estimate of drug-likeness (QED) is 0.358. The Labute approximate surface area is 191 Å². The van der Waals surface area contributed by atoms with E-state index in [0.29, 0.717) is 30.4 Å². The minimum absolute atomic E-state index is 0.0735. The standard InChI is InChI=1S/C24H26N4O3S/c1-4-30-20-7-5-8-21-22(20)26-24(32-21)28(16-15-27-14-6-13-25-27)23(29)18-9-11-19(12-10-18)31-17(2)3/h5-14,17H,4,15-16H2,1-3H3. The summed E-state index contributed by atoms with van der Waals surface area (Å²) in [4.78, 5) is 20.0. The highest BCUT2D eigenvalue weighted by Gasteiger charge is 2.22. The van der Waals surface area contributed by atoms with Crippen LogP contribution >= 0.6 is 11.3 Å². The Morgan fingerprint density at radius 3 is 2.66 bits per heavy atom. The third kappa shape index (κ3) is 4.91. The van der Waals surface area contributed by atoms with Crippen LogP contribution in [0, 0.1) is 0 Å². The second-order valence-corrected chi connectivity index (χ2v) is 8.46. The molecule has 166 valence electrons. The molecule has 0 aliphatic rings. The summed E-state index contributed by atoms with van der Waals surface area (Å²) in [6.07, 6.45) is 3.68. The highest BCUT2D eigenvalue weighted by molar-refractivity contribution is 7.22. The van der Waals surface area contributed by atoms with Crippen molar-refractivity contribution in [2.45, 2.75) is 33.4 Å². The molecule has 2 aromatic heterocycles. The Kier molecular flexibility index (Phi) is 6.70. The fraction of sp³-hybridized carbons (Fsp3) is 0.292. The van der Waals surface area contributed by atoms with Gasteiger partial charge in [0.1, 0.15) is 17.0 Å². The van der Waals surface area contributed by atoms with Crippen LogP contribution in [0.5, 0.6) is 11.5 Å². The van der Waals surface area contributed by atoms with Gasteiger partial charge in [0.15, 0.2) is 5.13 Å². The van der Waals surface area contributed by atoms with Crippen LogP contribution in [-0.2, 0) is 6.54 Å². The molecule has 0 aliphatic heterocycles. The molecule has 7 nitrogen and oxygen atoms in total. The second-order valence-electron chi connectivity index (χ2n) is 7.45. The van der Waals surface area contributed by atoms with Crippen molar-refractivity contribution in [3.8, 4) is 11.5 Å². The molecule has 32 heavy (non-hydrogen) atoms. The number of ether oxygens (including phenoxy) is 2. The first-order valence-corrected chi connectivity index (χ1v) is 11.4. The average Bonchev–Trinajstić information content (AvgIpc) is 3.44. The third-order valence-electron chi connectivity index (χ3n) is 4.73. The minimum Gasteiger partial charge on any atom is -0.492 e. The molecule has 0 atom stereocenters. The first kappa shape index (κ1) is 21.8. The van der Waals surface area contributed by atoms with Gasteiger partial charge < -0.3 is 9.47 Å². The molecule has 0 bridgehead atoms. The largest absolute Gasteiger partial charge is 0.492 e. The number of carbonyl (C=O) groups is 1. The van der Waals surface area contributed by atoms with E-state index in [1.165, 1.54) is 11.3 Å². The lowest BCUT2D eigenvalue weighted by atomic mass is 10.2. The molecule has 2 aromatic carbocycles. The lowest BCUT2D eigenvalue weighted by Crippen LogP contribution is -2.34. The summed E-state index contributed by atoms with van der Waals surface area (Å²) >= 11 is 1.48. The van der Waals surface area contributed by atoms with Gasteiger partial charge in [-0.05, 0) is 63.2 Å². The van der Waals surface area contributed by atoms with E-state index >= 15 is 0 Å². The van der Waals surface area contributed by atoms with Crippen LogP contribution in [-0.4, -0.2) is 39.9 Å². The number of para-hydroxylation sites is 1. The van der Waals surface area contributed by atoms with Gasteiger partial charge in [-0.3, -0.25) is 14.4 Å². The molecule has 0 N–H and O–H groups in total. The molecule has 0 spiro atoms. The maximum absolute atomic E-state index is 13.5. The molecule has 0 aliphatic carbocycles. The summed E-state index contributed by atoms with van der Waals surface area (Å²) in [6, 6.07) is 14.9. The number of hydrogen-bond donors (Lipinski definition) is 0. The summed E-state index contributed by atoms with van der Waals surface area (Å²) < 4.78 is 14.2. The number of benzene rings is 2. The van der Waals surface area contributed by atoms with E-state index in [1.54, 1.807) is 27.9 Å². The van der Waals surface area contributed by atoms with Gasteiger partial charge in [0.05, 0.1) is 24.0 Å². The monoisotopic (exact) mass is 450 g/mol. The van der Waals surface area contributed by atoms with Crippen LogP contribution in [0.2, 0.25) is 0 Å². The number of carbonyl (C=O) groups excluding carboxylic acids is 1. The lowest BCUT2D eigenvalue weighted by molar-refractivity contribution is 0.0985. The fourth-order valence-corrected chi connectivity index (χ4v) is 4.33. The van der Waals surface area contributed by atoms with E-state index in [0.717, 1.165) is 21.7 Å². The van der Waals surface area contributed by atoms with E-state index in [9.17, 15) is 4.79 Å². The SMILES string of the molecule is CCOc1cccc2sc(N(CCn3cccn3)C(=O)c3ccc(OC(C)C)cc3)nc12. The number of amides is 1. The number of fused-ring (bicyclic) bond motifs is 1. The van der Waals surface area contributed by atoms with E-state index in [4.69, 9.17) is 14.5 Å². The molecule has 0 saturated carbocycles. The Hall–Kier alpha value is -3.39. The van der Waals surface area contributed by atoms with E-state index in [1.807, 2.05) is 63.4 Å². The molecule has 0 saturated heterocycles. The van der Waals surface area contributed by atoms with Crippen LogP contribution in [0.15, 0.2) is 60.9 Å². The lowest BCUT2D eigenvalue weighted by Gasteiger charge is -2.20. The van der Waals surface area contributed by atoms with Crippen molar-refractivity contribution in [1.82, 2.24) is 14.8 Å². The van der Waals surface area contributed by atoms with Crippen molar-refractivity contribution < 1.29 is 14.3 Å². The van der Waals surface area contributed by atoms with Crippen molar-refractivity contribution >= 4 is 32.6 Å². The van der Waals surface area contributed by atoms with Crippen LogP contribution < -0.4 is 14.4 Å². The Morgan fingerprint density at radius 2 is 1.97 bits per heavy atom.